The number of rotatable bonds is 16. The van der Waals surface area contributed by atoms with Crippen LogP contribution in [-0.2, 0) is 17.7 Å². The highest BCUT2D eigenvalue weighted by Gasteiger charge is 2.30. The SMILES string of the molecule is CCCN(CCC)C(=O)c1cc(C(=O)N[C@@H](Cc2cc(F)cc(F)c2)[C@H](O)CN(Cc2cccc(OC)c2)C(=O)OC(C)(C)C)cc(/C(C)=N/O)c1. The molecule has 0 aliphatic rings. The molecular weight excluding hydrogens is 674 g/mol. The Kier molecular flexibility index (Phi) is 15.1. The number of nitrogens with zero attached hydrogens (tertiary/aromatic N) is 3. The maximum atomic E-state index is 14.3. The van der Waals surface area contributed by atoms with Gasteiger partial charge < -0.3 is 34.9 Å². The fourth-order valence-corrected chi connectivity index (χ4v) is 5.58. The lowest BCUT2D eigenvalue weighted by Crippen LogP contribution is -2.51. The van der Waals surface area contributed by atoms with Crippen LogP contribution in [0.15, 0.2) is 65.8 Å². The Balaban J connectivity index is 2.05. The van der Waals surface area contributed by atoms with E-state index in [0.717, 1.165) is 12.1 Å². The Morgan fingerprint density at radius 3 is 2.08 bits per heavy atom. The Morgan fingerprint density at radius 2 is 1.50 bits per heavy atom. The van der Waals surface area contributed by atoms with E-state index in [1.54, 1.807) is 49.9 Å². The van der Waals surface area contributed by atoms with Crippen molar-refractivity contribution in [3.63, 3.8) is 0 Å². The molecule has 3 amide bonds. The first-order valence-electron chi connectivity index (χ1n) is 17.3. The van der Waals surface area contributed by atoms with E-state index >= 15 is 0 Å². The molecule has 0 spiro atoms. The third-order valence-electron chi connectivity index (χ3n) is 8.01. The Labute approximate surface area is 304 Å². The minimum absolute atomic E-state index is 0.00224. The van der Waals surface area contributed by atoms with Crippen molar-refractivity contribution in [3.05, 3.63) is 100 Å². The quantitative estimate of drug-likeness (QED) is 0.0862. The molecule has 0 saturated heterocycles. The molecule has 3 aromatic rings. The van der Waals surface area contributed by atoms with Gasteiger partial charge in [0.15, 0.2) is 0 Å². The van der Waals surface area contributed by atoms with Crippen LogP contribution < -0.4 is 10.1 Å². The zero-order valence-electron chi connectivity index (χ0n) is 30.9. The third kappa shape index (κ3) is 12.3. The number of methoxy groups -OCH3 is 1. The van der Waals surface area contributed by atoms with Gasteiger partial charge in [-0.05, 0) is 101 Å². The third-order valence-corrected chi connectivity index (χ3v) is 8.01. The normalized spacial score (nSPS) is 12.8. The lowest BCUT2D eigenvalue weighted by molar-refractivity contribution is 0.00836. The molecule has 3 N–H and O–H groups in total. The van der Waals surface area contributed by atoms with Gasteiger partial charge in [0.25, 0.3) is 11.8 Å². The highest BCUT2D eigenvalue weighted by Crippen LogP contribution is 2.20. The van der Waals surface area contributed by atoms with Crippen LogP contribution in [0.2, 0.25) is 0 Å². The molecule has 2 atom stereocenters. The van der Waals surface area contributed by atoms with E-state index in [-0.39, 0.29) is 47.8 Å². The summed E-state index contributed by atoms with van der Waals surface area (Å²) in [5, 5.41) is 27.3. The molecule has 0 saturated carbocycles. The molecule has 282 valence electrons. The predicted molar refractivity (Wildman–Crippen MR) is 194 cm³/mol. The summed E-state index contributed by atoms with van der Waals surface area (Å²) in [7, 11) is 1.51. The number of benzene rings is 3. The second kappa shape index (κ2) is 19.0. The van der Waals surface area contributed by atoms with Crippen molar-refractivity contribution in [3.8, 4) is 5.75 Å². The number of aliphatic hydroxyl groups is 1. The number of ether oxygens (including phenoxy) is 2. The number of oxime groups is 1. The van der Waals surface area contributed by atoms with Gasteiger partial charge in [0.05, 0.1) is 31.5 Å². The van der Waals surface area contributed by atoms with Crippen molar-refractivity contribution in [2.45, 2.75) is 85.1 Å². The molecule has 0 fully saturated rings. The molecule has 3 aromatic carbocycles. The second-order valence-corrected chi connectivity index (χ2v) is 13.6. The molecule has 52 heavy (non-hydrogen) atoms. The summed E-state index contributed by atoms with van der Waals surface area (Å²) < 4.78 is 39.5. The number of carbonyl (C=O) groups excluding carboxylic acids is 3. The van der Waals surface area contributed by atoms with Crippen molar-refractivity contribution in [2.24, 2.45) is 5.16 Å². The van der Waals surface area contributed by atoms with Crippen molar-refractivity contribution in [2.75, 3.05) is 26.7 Å². The molecule has 0 heterocycles. The summed E-state index contributed by atoms with van der Waals surface area (Å²) in [6.45, 7) is 11.2. The van der Waals surface area contributed by atoms with E-state index in [1.165, 1.54) is 37.1 Å². The highest BCUT2D eigenvalue weighted by molar-refractivity contribution is 6.06. The topological polar surface area (TPSA) is 141 Å². The summed E-state index contributed by atoms with van der Waals surface area (Å²) in [4.78, 5) is 44.0. The van der Waals surface area contributed by atoms with Gasteiger partial charge in [-0.2, -0.15) is 0 Å². The van der Waals surface area contributed by atoms with Crippen LogP contribution in [0.25, 0.3) is 0 Å². The van der Waals surface area contributed by atoms with Crippen LogP contribution in [0, 0.1) is 11.6 Å². The molecule has 3 rings (SSSR count). The van der Waals surface area contributed by atoms with Gasteiger partial charge in [-0.1, -0.05) is 31.1 Å². The number of hydrogen-bond acceptors (Lipinski definition) is 8. The van der Waals surface area contributed by atoms with Gasteiger partial charge in [-0.25, -0.2) is 13.6 Å². The van der Waals surface area contributed by atoms with Crippen molar-refractivity contribution in [1.29, 1.82) is 0 Å². The zero-order valence-corrected chi connectivity index (χ0v) is 30.9. The Morgan fingerprint density at radius 1 is 0.885 bits per heavy atom. The van der Waals surface area contributed by atoms with Gasteiger partial charge in [-0.3, -0.25) is 9.59 Å². The summed E-state index contributed by atoms with van der Waals surface area (Å²) in [6, 6.07) is 13.1. The number of carbonyl (C=O) groups is 3. The predicted octanol–water partition coefficient (Wildman–Crippen LogP) is 6.57. The van der Waals surface area contributed by atoms with Crippen LogP contribution in [-0.4, -0.2) is 88.2 Å². The van der Waals surface area contributed by atoms with Crippen molar-refractivity contribution < 1.29 is 43.0 Å². The van der Waals surface area contributed by atoms with Crippen LogP contribution in [0.3, 0.4) is 0 Å². The van der Waals surface area contributed by atoms with Gasteiger partial charge >= 0.3 is 6.09 Å². The first kappa shape index (κ1) is 41.4. The standard InChI is InChI=1S/C39H50F2N4O7/c1-8-13-44(14-9-2)37(48)30-20-28(25(3)43-50)19-29(21-30)36(47)42-34(18-27-15-31(40)22-32(41)16-27)35(46)24-45(38(49)52-39(4,5)6)23-26-11-10-12-33(17-26)51-7/h10-12,15-17,19-22,34-35,46,50H,8-9,13-14,18,23-24H2,1-7H3,(H,42,47)/b43-25+/t34-,35+/m0/s1. The summed E-state index contributed by atoms with van der Waals surface area (Å²) >= 11 is 0. The lowest BCUT2D eigenvalue weighted by atomic mass is 9.98. The van der Waals surface area contributed by atoms with Crippen LogP contribution in [0.5, 0.6) is 5.75 Å². The van der Waals surface area contributed by atoms with Crippen molar-refractivity contribution >= 4 is 23.6 Å². The fourth-order valence-electron chi connectivity index (χ4n) is 5.58. The number of nitrogens with one attached hydrogen (secondary N) is 1. The largest absolute Gasteiger partial charge is 0.497 e. The summed E-state index contributed by atoms with van der Waals surface area (Å²) in [6.07, 6.45) is -1.02. The lowest BCUT2D eigenvalue weighted by Gasteiger charge is -2.32. The molecule has 0 aliphatic heterocycles. The molecular formula is C39H50F2N4O7. The van der Waals surface area contributed by atoms with E-state index < -0.39 is 41.4 Å². The molecule has 0 unspecified atom stereocenters. The maximum Gasteiger partial charge on any atom is 0.410 e. The van der Waals surface area contributed by atoms with Gasteiger partial charge in [0.2, 0.25) is 0 Å². The smallest absolute Gasteiger partial charge is 0.410 e. The Bertz CT molecular complexity index is 1700. The highest BCUT2D eigenvalue weighted by atomic mass is 19.1. The van der Waals surface area contributed by atoms with Crippen molar-refractivity contribution in [1.82, 2.24) is 15.1 Å². The van der Waals surface area contributed by atoms with E-state index in [1.807, 2.05) is 13.8 Å². The van der Waals surface area contributed by atoms with Crippen LogP contribution >= 0.6 is 0 Å². The van der Waals surface area contributed by atoms with E-state index in [9.17, 15) is 33.5 Å². The monoisotopic (exact) mass is 724 g/mol. The molecule has 0 aliphatic carbocycles. The minimum atomic E-state index is -1.48. The minimum Gasteiger partial charge on any atom is -0.497 e. The fraction of sp³-hybridized carbons (Fsp3) is 0.436. The van der Waals surface area contributed by atoms with E-state index in [2.05, 4.69) is 10.5 Å². The second-order valence-electron chi connectivity index (χ2n) is 13.6. The Hall–Kier alpha value is -5.04. The zero-order chi connectivity index (χ0) is 38.6. The number of hydrogen-bond donors (Lipinski definition) is 3. The molecule has 11 nitrogen and oxygen atoms in total. The number of aliphatic hydroxyl groups excluding tert-OH is 1. The average Bonchev–Trinajstić information content (AvgIpc) is 3.08. The number of amides is 3. The van der Waals surface area contributed by atoms with Gasteiger partial charge in [-0.15, -0.1) is 0 Å². The molecule has 0 bridgehead atoms. The van der Waals surface area contributed by atoms with Crippen LogP contribution in [0.1, 0.15) is 91.8 Å². The number of halogens is 2. The molecule has 0 aromatic heterocycles. The average molecular weight is 725 g/mol. The summed E-state index contributed by atoms with van der Waals surface area (Å²) in [5.74, 6) is -2.18. The molecule has 0 radical (unpaired) electrons. The van der Waals surface area contributed by atoms with E-state index in [0.29, 0.717) is 48.9 Å². The summed E-state index contributed by atoms with van der Waals surface area (Å²) in [5.41, 5.74) is 0.595. The van der Waals surface area contributed by atoms with Gasteiger partial charge in [0, 0.05) is 42.4 Å². The first-order chi connectivity index (χ1) is 24.6. The van der Waals surface area contributed by atoms with Gasteiger partial charge in [0.1, 0.15) is 23.0 Å². The van der Waals surface area contributed by atoms with E-state index in [4.69, 9.17) is 9.47 Å². The molecule has 13 heteroatoms. The van der Waals surface area contributed by atoms with Crippen LogP contribution in [0.4, 0.5) is 13.6 Å². The maximum absolute atomic E-state index is 14.3. The first-order valence-corrected chi connectivity index (χ1v) is 17.3.